The molecular weight excluding hydrogens is 402 g/mol. The quantitative estimate of drug-likeness (QED) is 0.458. The zero-order valence-electron chi connectivity index (χ0n) is 18.0. The van der Waals surface area contributed by atoms with Crippen LogP contribution in [0.15, 0.2) is 61.1 Å². The number of nitrogen functional groups attached to an aromatic ring is 1. The molecule has 32 heavy (non-hydrogen) atoms. The lowest BCUT2D eigenvalue weighted by Crippen LogP contribution is -2.18. The van der Waals surface area contributed by atoms with Crippen molar-refractivity contribution in [3.8, 4) is 11.3 Å². The first kappa shape index (κ1) is 20.1. The summed E-state index contributed by atoms with van der Waals surface area (Å²) in [5, 5.41) is 6.38. The molecule has 0 saturated carbocycles. The minimum Gasteiger partial charge on any atom is -0.382 e. The number of rotatable bonds is 4. The van der Waals surface area contributed by atoms with E-state index in [1.165, 1.54) is 0 Å². The van der Waals surface area contributed by atoms with Crippen LogP contribution in [0.3, 0.4) is 0 Å². The molecule has 4 heterocycles. The number of pyridine rings is 1. The van der Waals surface area contributed by atoms with Crippen molar-refractivity contribution in [1.29, 1.82) is 0 Å². The van der Waals surface area contributed by atoms with E-state index in [1.54, 1.807) is 36.7 Å². The van der Waals surface area contributed by atoms with Crippen LogP contribution in [0.1, 0.15) is 42.5 Å². The van der Waals surface area contributed by atoms with E-state index in [1.807, 2.05) is 28.8 Å². The molecule has 3 aromatic heterocycles. The average molecular weight is 428 g/mol. The van der Waals surface area contributed by atoms with Crippen LogP contribution in [0.2, 0.25) is 0 Å². The number of anilines is 2. The topological polar surface area (TPSA) is 110 Å². The van der Waals surface area contributed by atoms with Crippen LogP contribution in [0.5, 0.6) is 0 Å². The van der Waals surface area contributed by atoms with Gasteiger partial charge in [-0.25, -0.2) is 15.0 Å². The van der Waals surface area contributed by atoms with Crippen LogP contribution in [0, 0.1) is 5.41 Å². The molecule has 0 bridgehead atoms. The van der Waals surface area contributed by atoms with Gasteiger partial charge in [0.1, 0.15) is 28.7 Å². The molecule has 8 heteroatoms. The van der Waals surface area contributed by atoms with Crippen molar-refractivity contribution in [3.63, 3.8) is 0 Å². The van der Waals surface area contributed by atoms with Gasteiger partial charge in [-0.3, -0.25) is 9.20 Å². The van der Waals surface area contributed by atoms with Crippen molar-refractivity contribution in [2.24, 2.45) is 5.41 Å². The van der Waals surface area contributed by atoms with Gasteiger partial charge in [0.15, 0.2) is 0 Å². The number of nitrogens with zero attached hydrogens (tertiary/aromatic N) is 4. The molecule has 4 N–H and O–H groups in total. The molecule has 1 aliphatic heterocycles. The Morgan fingerprint density at radius 2 is 1.97 bits per heavy atom. The standard InChI is InChI=1S/C24H25N7O/c1-24(2)13-17(28-14-24)22-30-19(20-21(25)27-11-12-31(20)22)15-6-8-16(9-7-15)23(32)29-18-5-3-4-10-26-18/h3-12,17,28H,13-14H2,1-2H3,(H2,25,27)(H,26,29,32)/t17-/m0/s1. The summed E-state index contributed by atoms with van der Waals surface area (Å²) < 4.78 is 2.03. The van der Waals surface area contributed by atoms with Gasteiger partial charge < -0.3 is 16.4 Å². The van der Waals surface area contributed by atoms with Crippen LogP contribution in [0.25, 0.3) is 16.8 Å². The third kappa shape index (κ3) is 3.69. The fourth-order valence-electron chi connectivity index (χ4n) is 4.22. The highest BCUT2D eigenvalue weighted by molar-refractivity contribution is 6.04. The largest absolute Gasteiger partial charge is 0.382 e. The molecule has 5 rings (SSSR count). The van der Waals surface area contributed by atoms with Gasteiger partial charge in [-0.15, -0.1) is 0 Å². The monoisotopic (exact) mass is 427 g/mol. The molecule has 0 unspecified atom stereocenters. The number of benzene rings is 1. The molecule has 1 atom stereocenters. The zero-order valence-corrected chi connectivity index (χ0v) is 18.0. The van der Waals surface area contributed by atoms with E-state index < -0.39 is 0 Å². The van der Waals surface area contributed by atoms with E-state index in [2.05, 4.69) is 34.4 Å². The summed E-state index contributed by atoms with van der Waals surface area (Å²) >= 11 is 0. The highest BCUT2D eigenvalue weighted by Crippen LogP contribution is 2.38. The summed E-state index contributed by atoms with van der Waals surface area (Å²) in [5.74, 6) is 1.64. The van der Waals surface area contributed by atoms with Crippen molar-refractivity contribution in [3.05, 3.63) is 72.4 Å². The molecule has 0 spiro atoms. The molecule has 1 fully saturated rings. The first-order chi connectivity index (χ1) is 15.4. The minimum absolute atomic E-state index is 0.136. The Labute approximate surface area is 185 Å². The lowest BCUT2D eigenvalue weighted by atomic mass is 9.90. The molecule has 0 radical (unpaired) electrons. The Morgan fingerprint density at radius 3 is 2.66 bits per heavy atom. The lowest BCUT2D eigenvalue weighted by Gasteiger charge is -2.14. The SMILES string of the molecule is CC1(C)CN[C@H](c2nc(-c3ccc(C(=O)Nc4ccccn4)cc3)c3c(N)nccn23)C1. The number of imidazole rings is 1. The maximum atomic E-state index is 12.6. The van der Waals surface area contributed by atoms with Crippen molar-refractivity contribution in [2.75, 3.05) is 17.6 Å². The maximum absolute atomic E-state index is 12.6. The maximum Gasteiger partial charge on any atom is 0.256 e. The number of carbonyl (C=O) groups excluding carboxylic acids is 1. The summed E-state index contributed by atoms with van der Waals surface area (Å²) in [6.45, 7) is 5.44. The smallest absolute Gasteiger partial charge is 0.256 e. The summed E-state index contributed by atoms with van der Waals surface area (Å²) in [6.07, 6.45) is 6.22. The fraction of sp³-hybridized carbons (Fsp3) is 0.250. The van der Waals surface area contributed by atoms with E-state index in [0.29, 0.717) is 17.2 Å². The fourth-order valence-corrected chi connectivity index (χ4v) is 4.22. The second kappa shape index (κ2) is 7.72. The Bertz CT molecular complexity index is 1280. The molecular formula is C24H25N7O. The van der Waals surface area contributed by atoms with Gasteiger partial charge in [-0.1, -0.05) is 32.0 Å². The second-order valence-corrected chi connectivity index (χ2v) is 8.90. The number of hydrogen-bond acceptors (Lipinski definition) is 6. The average Bonchev–Trinajstić information content (AvgIpc) is 3.35. The molecule has 1 amide bonds. The van der Waals surface area contributed by atoms with Crippen LogP contribution in [-0.2, 0) is 0 Å². The van der Waals surface area contributed by atoms with Crippen LogP contribution in [0.4, 0.5) is 11.6 Å². The van der Waals surface area contributed by atoms with Gasteiger partial charge in [-0.2, -0.15) is 0 Å². The number of nitrogens with one attached hydrogen (secondary N) is 2. The number of amides is 1. The van der Waals surface area contributed by atoms with Gasteiger partial charge in [0.25, 0.3) is 5.91 Å². The van der Waals surface area contributed by atoms with Crippen molar-refractivity contribution in [1.82, 2.24) is 24.7 Å². The van der Waals surface area contributed by atoms with Crippen LogP contribution >= 0.6 is 0 Å². The highest BCUT2D eigenvalue weighted by atomic mass is 16.1. The van der Waals surface area contributed by atoms with E-state index >= 15 is 0 Å². The van der Waals surface area contributed by atoms with E-state index in [0.717, 1.165) is 35.6 Å². The first-order valence-corrected chi connectivity index (χ1v) is 10.6. The summed E-state index contributed by atoms with van der Waals surface area (Å²) in [7, 11) is 0. The predicted molar refractivity (Wildman–Crippen MR) is 124 cm³/mol. The lowest BCUT2D eigenvalue weighted by molar-refractivity contribution is 0.102. The third-order valence-electron chi connectivity index (χ3n) is 5.83. The van der Waals surface area contributed by atoms with Crippen LogP contribution < -0.4 is 16.4 Å². The van der Waals surface area contributed by atoms with Crippen molar-refractivity contribution >= 4 is 23.1 Å². The molecule has 1 saturated heterocycles. The van der Waals surface area contributed by atoms with E-state index in [4.69, 9.17) is 10.7 Å². The van der Waals surface area contributed by atoms with E-state index in [9.17, 15) is 4.79 Å². The number of carbonyl (C=O) groups is 1. The third-order valence-corrected chi connectivity index (χ3v) is 5.83. The van der Waals surface area contributed by atoms with Gasteiger partial charge >= 0.3 is 0 Å². The molecule has 8 nitrogen and oxygen atoms in total. The van der Waals surface area contributed by atoms with Gasteiger partial charge in [0.05, 0.1) is 6.04 Å². The molecule has 0 aliphatic carbocycles. The van der Waals surface area contributed by atoms with Crippen molar-refractivity contribution in [2.45, 2.75) is 26.3 Å². The Balaban J connectivity index is 1.49. The van der Waals surface area contributed by atoms with Gasteiger partial charge in [0, 0.05) is 36.3 Å². The van der Waals surface area contributed by atoms with E-state index in [-0.39, 0.29) is 17.4 Å². The Kier molecular flexibility index (Phi) is 4.86. The van der Waals surface area contributed by atoms with Crippen LogP contribution in [-0.4, -0.2) is 31.8 Å². The molecule has 1 aliphatic rings. The number of hydrogen-bond donors (Lipinski definition) is 3. The Morgan fingerprint density at radius 1 is 1.16 bits per heavy atom. The van der Waals surface area contributed by atoms with Gasteiger partial charge in [-0.05, 0) is 36.1 Å². The number of aromatic nitrogens is 4. The summed E-state index contributed by atoms with van der Waals surface area (Å²) in [5.41, 5.74) is 9.41. The summed E-state index contributed by atoms with van der Waals surface area (Å²) in [6, 6.07) is 12.8. The predicted octanol–water partition coefficient (Wildman–Crippen LogP) is 3.69. The van der Waals surface area contributed by atoms with Crippen molar-refractivity contribution < 1.29 is 4.79 Å². The minimum atomic E-state index is -0.218. The highest BCUT2D eigenvalue weighted by Gasteiger charge is 2.34. The Hall–Kier alpha value is -3.78. The number of fused-ring (bicyclic) bond motifs is 1. The molecule has 4 aromatic rings. The number of nitrogens with two attached hydrogens (primary N) is 1. The molecule has 1 aromatic carbocycles. The second-order valence-electron chi connectivity index (χ2n) is 8.90. The normalized spacial score (nSPS) is 17.5. The zero-order chi connectivity index (χ0) is 22.3. The first-order valence-electron chi connectivity index (χ1n) is 10.6. The summed E-state index contributed by atoms with van der Waals surface area (Å²) in [4.78, 5) is 26.0. The van der Waals surface area contributed by atoms with Gasteiger partial charge in [0.2, 0.25) is 0 Å². The molecule has 162 valence electrons.